The molecule has 0 aromatic carbocycles. The van der Waals surface area contributed by atoms with Crippen molar-refractivity contribution < 1.29 is 21.5 Å². The third-order valence-corrected chi connectivity index (χ3v) is 5.17. The fraction of sp³-hybridized carbons (Fsp3) is 0.824. The normalized spacial score (nSPS) is 26.9. The van der Waals surface area contributed by atoms with Crippen molar-refractivity contribution in [3.63, 3.8) is 0 Å². The van der Waals surface area contributed by atoms with Gasteiger partial charge in [-0.3, -0.25) is 0 Å². The van der Waals surface area contributed by atoms with Gasteiger partial charge >= 0.3 is 0 Å². The number of nitrogens with zero attached hydrogens (tertiary/aromatic N) is 3. The molecule has 0 amide bonds. The third kappa shape index (κ3) is 4.80. The van der Waals surface area contributed by atoms with Gasteiger partial charge in [-0.1, -0.05) is 13.3 Å². The lowest BCUT2D eigenvalue weighted by atomic mass is 9.84. The maximum absolute atomic E-state index is 3.80. The Hall–Kier alpha value is -0.390. The number of nitrogens with one attached hydrogen (secondary N) is 1. The zero-order valence-electron chi connectivity index (χ0n) is 13.9. The summed E-state index contributed by atoms with van der Waals surface area (Å²) in [5, 5.41) is 3.80. The van der Waals surface area contributed by atoms with Crippen molar-refractivity contribution in [2.75, 3.05) is 26.2 Å². The topological polar surface area (TPSA) is 24.1 Å². The van der Waals surface area contributed by atoms with Gasteiger partial charge in [0.25, 0.3) is 0 Å². The molecule has 1 N–H and O–H groups in total. The third-order valence-electron chi connectivity index (χ3n) is 5.17. The first-order valence-electron chi connectivity index (χ1n) is 8.85. The quantitative estimate of drug-likeness (QED) is 0.452. The van der Waals surface area contributed by atoms with Gasteiger partial charge in [0.05, 0.1) is 13.1 Å². The predicted molar refractivity (Wildman–Crippen MR) is 85.1 cm³/mol. The Morgan fingerprint density at radius 3 is 2.73 bits per heavy atom. The fourth-order valence-corrected chi connectivity index (χ4v) is 3.79. The van der Waals surface area contributed by atoms with E-state index in [1.54, 1.807) is 0 Å². The maximum atomic E-state index is 3.80. The summed E-state index contributed by atoms with van der Waals surface area (Å²) >= 11 is 0. The number of hydrogen-bond acceptors (Lipinski definition) is 2. The van der Waals surface area contributed by atoms with E-state index in [2.05, 4.69) is 45.0 Å². The molecule has 3 aliphatic rings. The number of aromatic nitrogens is 2. The van der Waals surface area contributed by atoms with E-state index in [0.29, 0.717) is 0 Å². The highest BCUT2D eigenvalue weighted by Crippen LogP contribution is 2.27. The second-order valence-electron chi connectivity index (χ2n) is 6.80. The number of fused-ring (bicyclic) bond motifs is 3. The first-order valence-corrected chi connectivity index (χ1v) is 8.85. The van der Waals surface area contributed by atoms with Crippen LogP contribution in [0.5, 0.6) is 0 Å². The van der Waals surface area contributed by atoms with Gasteiger partial charge in [0.1, 0.15) is 12.4 Å². The van der Waals surface area contributed by atoms with Gasteiger partial charge in [0, 0.05) is 12.6 Å². The van der Waals surface area contributed by atoms with Crippen LogP contribution in [0.2, 0.25) is 0 Å². The molecule has 0 spiro atoms. The Kier molecular flexibility index (Phi) is 7.38. The van der Waals surface area contributed by atoms with Gasteiger partial charge in [0.2, 0.25) is 6.33 Å². The maximum Gasteiger partial charge on any atom is 0.243 e. The fourth-order valence-electron chi connectivity index (χ4n) is 3.79. The summed E-state index contributed by atoms with van der Waals surface area (Å²) in [4.78, 5) is 2.63. The molecule has 3 aliphatic heterocycles. The molecule has 0 saturated carbocycles. The molecule has 3 fully saturated rings. The van der Waals surface area contributed by atoms with Gasteiger partial charge < -0.3 is 27.2 Å². The van der Waals surface area contributed by atoms with Crippen LogP contribution in [0, 0.1) is 5.92 Å². The zero-order valence-corrected chi connectivity index (χ0v) is 15.5. The summed E-state index contributed by atoms with van der Waals surface area (Å²) in [5.74, 6) is 0.942. The molecular weight excluding hydrogens is 340 g/mol. The largest absolute Gasteiger partial charge is 1.00 e. The van der Waals surface area contributed by atoms with Crippen molar-refractivity contribution in [2.45, 2.75) is 58.2 Å². The van der Waals surface area contributed by atoms with E-state index in [4.69, 9.17) is 0 Å². The van der Waals surface area contributed by atoms with Gasteiger partial charge in [-0.15, -0.1) is 0 Å². The lowest BCUT2D eigenvalue weighted by molar-refractivity contribution is -0.696. The molecule has 4 nitrogen and oxygen atoms in total. The Morgan fingerprint density at radius 1 is 1.23 bits per heavy atom. The molecule has 3 saturated heterocycles. The molecule has 1 atom stereocenters. The van der Waals surface area contributed by atoms with Crippen LogP contribution in [-0.2, 0) is 13.1 Å². The van der Waals surface area contributed by atoms with Crippen LogP contribution >= 0.6 is 0 Å². The molecular formula is C17H31BrN4. The van der Waals surface area contributed by atoms with Crippen LogP contribution in [-0.4, -0.2) is 41.7 Å². The number of unbranched alkanes of at least 4 members (excludes halogenated alkanes) is 1. The molecule has 126 valence electrons. The summed E-state index contributed by atoms with van der Waals surface area (Å²) in [6.07, 6.45) is 13.3. The number of hydrogen-bond donors (Lipinski definition) is 1. The minimum atomic E-state index is 0. The van der Waals surface area contributed by atoms with E-state index in [1.165, 1.54) is 51.7 Å². The molecule has 1 aromatic heterocycles. The number of piperidine rings is 3. The van der Waals surface area contributed by atoms with Crippen molar-refractivity contribution in [3.8, 4) is 0 Å². The smallest absolute Gasteiger partial charge is 0.243 e. The van der Waals surface area contributed by atoms with Gasteiger partial charge in [-0.2, -0.15) is 0 Å². The monoisotopic (exact) mass is 370 g/mol. The molecule has 5 heteroatoms. The Labute approximate surface area is 145 Å². The minimum absolute atomic E-state index is 0. The SMILES string of the molecule is CCCCn1cc[n+](CCCN[C@@H]2CN3CCC2CC3)c1.[Br-]. The summed E-state index contributed by atoms with van der Waals surface area (Å²) in [6, 6.07) is 0.756. The lowest BCUT2D eigenvalue weighted by Gasteiger charge is -2.45. The van der Waals surface area contributed by atoms with Crippen LogP contribution in [0.25, 0.3) is 0 Å². The standard InChI is InChI=1S/C17H31N4.BrH/c1-2-3-8-20-12-13-21(15-20)9-4-7-18-17-14-19-10-5-16(17)6-11-19;/h12-13,15-18H,2-11,14H2,1H3;1H/q+1;/p-1/t17-;/m1./s1. The van der Waals surface area contributed by atoms with Crippen LogP contribution in [0.4, 0.5) is 0 Å². The molecule has 22 heavy (non-hydrogen) atoms. The van der Waals surface area contributed by atoms with Crippen molar-refractivity contribution >= 4 is 0 Å². The lowest BCUT2D eigenvalue weighted by Crippen LogP contribution is -3.00. The van der Waals surface area contributed by atoms with Gasteiger partial charge in [-0.05, 0) is 51.2 Å². The Balaban J connectivity index is 0.00000176. The van der Waals surface area contributed by atoms with E-state index in [-0.39, 0.29) is 17.0 Å². The van der Waals surface area contributed by atoms with Crippen molar-refractivity contribution in [1.82, 2.24) is 14.8 Å². The molecule has 1 aromatic rings. The highest BCUT2D eigenvalue weighted by Gasteiger charge is 2.33. The van der Waals surface area contributed by atoms with Crippen molar-refractivity contribution in [3.05, 3.63) is 18.7 Å². The molecule has 0 aliphatic carbocycles. The number of aryl methyl sites for hydroxylation is 2. The summed E-state index contributed by atoms with van der Waals surface area (Å²) in [6.45, 7) is 9.65. The first-order chi connectivity index (χ1) is 10.3. The Bertz CT molecular complexity index is 426. The first kappa shape index (κ1) is 18.0. The number of imidazole rings is 1. The summed E-state index contributed by atoms with van der Waals surface area (Å²) in [7, 11) is 0. The molecule has 0 radical (unpaired) electrons. The Morgan fingerprint density at radius 2 is 2.05 bits per heavy atom. The highest BCUT2D eigenvalue weighted by molar-refractivity contribution is 4.90. The molecule has 4 heterocycles. The van der Waals surface area contributed by atoms with Crippen molar-refractivity contribution in [1.29, 1.82) is 0 Å². The van der Waals surface area contributed by atoms with Gasteiger partial charge in [-0.25, -0.2) is 9.13 Å². The van der Waals surface area contributed by atoms with Gasteiger partial charge in [0.15, 0.2) is 0 Å². The second-order valence-corrected chi connectivity index (χ2v) is 6.80. The van der Waals surface area contributed by atoms with E-state index in [0.717, 1.165) is 31.6 Å². The predicted octanol–water partition coefficient (Wildman–Crippen LogP) is -1.35. The zero-order chi connectivity index (χ0) is 14.5. The van der Waals surface area contributed by atoms with Crippen molar-refractivity contribution in [2.24, 2.45) is 5.92 Å². The molecule has 0 unspecified atom stereocenters. The summed E-state index contributed by atoms with van der Waals surface area (Å²) in [5.41, 5.74) is 0. The average Bonchev–Trinajstić information content (AvgIpc) is 2.98. The molecule has 4 rings (SSSR count). The minimum Gasteiger partial charge on any atom is -1.00 e. The van der Waals surface area contributed by atoms with E-state index >= 15 is 0 Å². The van der Waals surface area contributed by atoms with Crippen LogP contribution < -0.4 is 26.9 Å². The van der Waals surface area contributed by atoms with Crippen LogP contribution in [0.3, 0.4) is 0 Å². The van der Waals surface area contributed by atoms with Crippen LogP contribution in [0.15, 0.2) is 18.7 Å². The highest BCUT2D eigenvalue weighted by atomic mass is 79.9. The second kappa shape index (κ2) is 9.04. The van der Waals surface area contributed by atoms with E-state index < -0.39 is 0 Å². The number of rotatable bonds is 8. The average molecular weight is 371 g/mol. The number of halogens is 1. The van der Waals surface area contributed by atoms with E-state index in [1.807, 2.05) is 0 Å². The van der Waals surface area contributed by atoms with E-state index in [9.17, 15) is 0 Å². The van der Waals surface area contributed by atoms with Crippen LogP contribution in [0.1, 0.15) is 39.0 Å². The molecule has 2 bridgehead atoms. The summed E-state index contributed by atoms with van der Waals surface area (Å²) < 4.78 is 4.64.